The van der Waals surface area contributed by atoms with E-state index in [0.29, 0.717) is 30.7 Å². The van der Waals surface area contributed by atoms with Gasteiger partial charge in [-0.2, -0.15) is 0 Å². The first-order valence-electron chi connectivity index (χ1n) is 9.41. The van der Waals surface area contributed by atoms with E-state index in [0.717, 1.165) is 38.8 Å². The molecule has 2 aliphatic carbocycles. The monoisotopic (exact) mass is 357 g/mol. The molecule has 0 radical (unpaired) electrons. The van der Waals surface area contributed by atoms with Crippen molar-refractivity contribution in [3.05, 3.63) is 0 Å². The summed E-state index contributed by atoms with van der Waals surface area (Å²) in [6.45, 7) is 4.36. The molecule has 2 bridgehead atoms. The Labute approximate surface area is 151 Å². The predicted molar refractivity (Wildman–Crippen MR) is 96.8 cm³/mol. The number of carbonyl (C=O) groups is 2. The van der Waals surface area contributed by atoms with E-state index in [4.69, 9.17) is 5.73 Å². The van der Waals surface area contributed by atoms with Crippen LogP contribution >= 0.6 is 12.4 Å². The normalized spacial score (nSPS) is 34.8. The molecule has 138 valence electrons. The van der Waals surface area contributed by atoms with Crippen LogP contribution in [-0.2, 0) is 9.59 Å². The van der Waals surface area contributed by atoms with Gasteiger partial charge in [0.25, 0.3) is 0 Å². The lowest BCUT2D eigenvalue weighted by Gasteiger charge is -2.37. The average Bonchev–Trinajstić information content (AvgIpc) is 3.14. The summed E-state index contributed by atoms with van der Waals surface area (Å²) in [5.41, 5.74) is 6.33. The van der Waals surface area contributed by atoms with Crippen LogP contribution < -0.4 is 11.1 Å². The molecule has 0 aromatic carbocycles. The summed E-state index contributed by atoms with van der Waals surface area (Å²) in [6, 6.07) is 0.0749. The zero-order chi connectivity index (χ0) is 16.4. The number of hydrogen-bond donors (Lipinski definition) is 2. The highest BCUT2D eigenvalue weighted by molar-refractivity contribution is 5.85. The van der Waals surface area contributed by atoms with Crippen molar-refractivity contribution in [2.24, 2.45) is 29.4 Å². The summed E-state index contributed by atoms with van der Waals surface area (Å²) < 4.78 is 0. The van der Waals surface area contributed by atoms with Gasteiger partial charge < -0.3 is 16.0 Å². The second-order valence-electron chi connectivity index (χ2n) is 7.78. The first-order chi connectivity index (χ1) is 11.1. The Kier molecular flexibility index (Phi) is 6.93. The zero-order valence-electron chi connectivity index (χ0n) is 14.7. The lowest BCUT2D eigenvalue weighted by atomic mass is 9.83. The van der Waals surface area contributed by atoms with Crippen molar-refractivity contribution >= 4 is 24.2 Å². The van der Waals surface area contributed by atoms with E-state index in [1.807, 2.05) is 11.8 Å². The van der Waals surface area contributed by atoms with E-state index in [1.54, 1.807) is 0 Å². The molecule has 1 saturated heterocycles. The Morgan fingerprint density at radius 3 is 2.62 bits per heavy atom. The molecule has 1 aliphatic heterocycles. The fourth-order valence-electron chi connectivity index (χ4n) is 4.92. The Balaban J connectivity index is 0.00000208. The molecule has 5 unspecified atom stereocenters. The summed E-state index contributed by atoms with van der Waals surface area (Å²) >= 11 is 0. The van der Waals surface area contributed by atoms with Crippen LogP contribution in [0.5, 0.6) is 0 Å². The molecule has 5 atom stereocenters. The number of rotatable bonds is 5. The maximum atomic E-state index is 12.9. The molecule has 3 fully saturated rings. The lowest BCUT2D eigenvalue weighted by molar-refractivity contribution is -0.139. The highest BCUT2D eigenvalue weighted by Gasteiger charge is 2.50. The van der Waals surface area contributed by atoms with Crippen LogP contribution in [0.25, 0.3) is 0 Å². The lowest BCUT2D eigenvalue weighted by Crippen LogP contribution is -2.51. The Morgan fingerprint density at radius 1 is 1.21 bits per heavy atom. The first-order valence-corrected chi connectivity index (χ1v) is 9.41. The highest BCUT2D eigenvalue weighted by atomic mass is 35.5. The van der Waals surface area contributed by atoms with Crippen molar-refractivity contribution in [3.63, 3.8) is 0 Å². The molecule has 2 amide bonds. The van der Waals surface area contributed by atoms with E-state index in [-0.39, 0.29) is 36.2 Å². The minimum absolute atomic E-state index is 0. The van der Waals surface area contributed by atoms with Gasteiger partial charge in [-0.05, 0) is 56.3 Å². The van der Waals surface area contributed by atoms with Crippen molar-refractivity contribution in [2.45, 2.75) is 57.9 Å². The minimum Gasteiger partial charge on any atom is -0.356 e. The third kappa shape index (κ3) is 4.05. The number of likely N-dealkylation sites (tertiary alicyclic amines) is 1. The van der Waals surface area contributed by atoms with E-state index in [2.05, 4.69) is 5.32 Å². The van der Waals surface area contributed by atoms with Crippen LogP contribution in [0.4, 0.5) is 0 Å². The number of hydrogen-bond acceptors (Lipinski definition) is 3. The number of nitrogens with one attached hydrogen (secondary N) is 1. The second kappa shape index (κ2) is 8.52. The van der Waals surface area contributed by atoms with Crippen LogP contribution in [0.15, 0.2) is 0 Å². The van der Waals surface area contributed by atoms with Crippen molar-refractivity contribution in [2.75, 3.05) is 19.6 Å². The third-order valence-corrected chi connectivity index (χ3v) is 6.16. The summed E-state index contributed by atoms with van der Waals surface area (Å²) in [5.74, 6) is 1.96. The highest BCUT2D eigenvalue weighted by Crippen LogP contribution is 2.48. The topological polar surface area (TPSA) is 75.4 Å². The van der Waals surface area contributed by atoms with Gasteiger partial charge in [-0.1, -0.05) is 6.92 Å². The van der Waals surface area contributed by atoms with Crippen molar-refractivity contribution < 1.29 is 9.59 Å². The SMILES string of the molecule is CCCC(=O)NCC1CCCN(C(=O)C2C3CCC(C3)C2N)C1.Cl. The van der Waals surface area contributed by atoms with Gasteiger partial charge in [-0.25, -0.2) is 0 Å². The molecule has 3 aliphatic rings. The van der Waals surface area contributed by atoms with Gasteiger partial charge in [0, 0.05) is 32.1 Å². The number of halogens is 1. The number of amides is 2. The molecule has 3 rings (SSSR count). The molecule has 1 heterocycles. The summed E-state index contributed by atoms with van der Waals surface area (Å²) in [7, 11) is 0. The number of fused-ring (bicyclic) bond motifs is 2. The van der Waals surface area contributed by atoms with Crippen molar-refractivity contribution in [3.8, 4) is 0 Å². The molecular formula is C18H32ClN3O2. The molecule has 3 N–H and O–H groups in total. The summed E-state index contributed by atoms with van der Waals surface area (Å²) in [4.78, 5) is 26.6. The van der Waals surface area contributed by atoms with Crippen LogP contribution in [0.3, 0.4) is 0 Å². The number of nitrogens with zero attached hydrogens (tertiary/aromatic N) is 1. The van der Waals surface area contributed by atoms with Gasteiger partial charge in [0.15, 0.2) is 0 Å². The van der Waals surface area contributed by atoms with Gasteiger partial charge >= 0.3 is 0 Å². The van der Waals surface area contributed by atoms with Crippen LogP contribution in [-0.4, -0.2) is 42.4 Å². The number of piperidine rings is 1. The first kappa shape index (κ1) is 19.5. The van der Waals surface area contributed by atoms with Gasteiger partial charge in [0.2, 0.25) is 11.8 Å². The Hall–Kier alpha value is -0.810. The van der Waals surface area contributed by atoms with Gasteiger partial charge in [0.1, 0.15) is 0 Å². The molecule has 6 heteroatoms. The van der Waals surface area contributed by atoms with E-state index >= 15 is 0 Å². The maximum absolute atomic E-state index is 12.9. The molecule has 0 aromatic heterocycles. The van der Waals surface area contributed by atoms with Crippen molar-refractivity contribution in [1.82, 2.24) is 10.2 Å². The standard InChI is InChI=1S/C18H31N3O2.ClH/c1-2-4-15(22)20-10-12-5-3-8-21(11-12)18(23)16-13-6-7-14(9-13)17(16)19;/h12-14,16-17H,2-11,19H2,1H3,(H,20,22);1H. The molecular weight excluding hydrogens is 326 g/mol. The molecule has 0 aromatic rings. The largest absolute Gasteiger partial charge is 0.356 e. The van der Waals surface area contributed by atoms with Crippen LogP contribution in [0.2, 0.25) is 0 Å². The van der Waals surface area contributed by atoms with E-state index in [9.17, 15) is 9.59 Å². The molecule has 0 spiro atoms. The quantitative estimate of drug-likeness (QED) is 0.789. The van der Waals surface area contributed by atoms with E-state index in [1.165, 1.54) is 12.8 Å². The second-order valence-corrected chi connectivity index (χ2v) is 7.78. The smallest absolute Gasteiger partial charge is 0.227 e. The third-order valence-electron chi connectivity index (χ3n) is 6.16. The number of nitrogens with two attached hydrogens (primary N) is 1. The fraction of sp³-hybridized carbons (Fsp3) is 0.889. The van der Waals surface area contributed by atoms with Gasteiger partial charge in [-0.3, -0.25) is 9.59 Å². The van der Waals surface area contributed by atoms with Crippen LogP contribution in [0.1, 0.15) is 51.9 Å². The Bertz CT molecular complexity index is 458. The minimum atomic E-state index is 0. The summed E-state index contributed by atoms with van der Waals surface area (Å²) in [6.07, 6.45) is 7.15. The van der Waals surface area contributed by atoms with E-state index < -0.39 is 0 Å². The molecule has 2 saturated carbocycles. The maximum Gasteiger partial charge on any atom is 0.227 e. The predicted octanol–water partition coefficient (Wildman–Crippen LogP) is 1.94. The van der Waals surface area contributed by atoms with Crippen molar-refractivity contribution in [1.29, 1.82) is 0 Å². The zero-order valence-corrected chi connectivity index (χ0v) is 15.5. The Morgan fingerprint density at radius 2 is 1.96 bits per heavy atom. The number of carbonyl (C=O) groups excluding carboxylic acids is 2. The molecule has 24 heavy (non-hydrogen) atoms. The summed E-state index contributed by atoms with van der Waals surface area (Å²) in [5, 5.41) is 3.02. The van der Waals surface area contributed by atoms with Crippen LogP contribution in [0, 0.1) is 23.7 Å². The molecule has 5 nitrogen and oxygen atoms in total. The fourth-order valence-corrected chi connectivity index (χ4v) is 4.92. The average molecular weight is 358 g/mol. The van der Waals surface area contributed by atoms with Gasteiger partial charge in [-0.15, -0.1) is 12.4 Å². The van der Waals surface area contributed by atoms with Gasteiger partial charge in [0.05, 0.1) is 5.92 Å².